The molecule has 1 aliphatic rings. The summed E-state index contributed by atoms with van der Waals surface area (Å²) in [7, 11) is 3.77. The van der Waals surface area contributed by atoms with Gasteiger partial charge in [-0.25, -0.2) is 8.78 Å². The molecule has 0 spiro atoms. The first-order chi connectivity index (χ1) is 13.3. The molecular formula is C18H20ClF2N5O2. The number of piperidine rings is 1. The van der Waals surface area contributed by atoms with Crippen molar-refractivity contribution >= 4 is 29.2 Å². The van der Waals surface area contributed by atoms with Crippen LogP contribution < -0.4 is 5.32 Å². The lowest BCUT2D eigenvalue weighted by Gasteiger charge is -2.34. The van der Waals surface area contributed by atoms with Crippen LogP contribution in [0.2, 0.25) is 5.02 Å². The number of H-pyrrole nitrogens is 1. The maximum Gasteiger partial charge on any atom is 0.274 e. The first-order valence-corrected chi connectivity index (χ1v) is 9.11. The van der Waals surface area contributed by atoms with Gasteiger partial charge in [0.1, 0.15) is 5.82 Å². The molecule has 1 aromatic heterocycles. The van der Waals surface area contributed by atoms with Gasteiger partial charge in [0.05, 0.1) is 10.6 Å². The SMILES string of the molecule is CN1CCC(N(C)C(=O)c2cc(NC(=O)c3cc(F)c(F)cc3Cl)[nH]n2)CC1. The van der Waals surface area contributed by atoms with Crippen molar-refractivity contribution in [3.63, 3.8) is 0 Å². The zero-order valence-electron chi connectivity index (χ0n) is 15.4. The van der Waals surface area contributed by atoms with Crippen LogP contribution in [0.4, 0.5) is 14.6 Å². The van der Waals surface area contributed by atoms with Gasteiger partial charge in [-0.1, -0.05) is 11.6 Å². The highest BCUT2D eigenvalue weighted by molar-refractivity contribution is 6.34. The van der Waals surface area contributed by atoms with Gasteiger partial charge in [-0.2, -0.15) is 5.10 Å². The van der Waals surface area contributed by atoms with Crippen molar-refractivity contribution in [3.05, 3.63) is 46.1 Å². The molecule has 28 heavy (non-hydrogen) atoms. The molecule has 0 unspecified atom stereocenters. The Morgan fingerprint density at radius 3 is 2.57 bits per heavy atom. The Kier molecular flexibility index (Phi) is 5.95. The molecule has 0 bridgehead atoms. The lowest BCUT2D eigenvalue weighted by molar-refractivity contribution is 0.0653. The number of carbonyl (C=O) groups is 2. The van der Waals surface area contributed by atoms with E-state index < -0.39 is 17.5 Å². The van der Waals surface area contributed by atoms with Crippen molar-refractivity contribution < 1.29 is 18.4 Å². The maximum absolute atomic E-state index is 13.4. The third kappa shape index (κ3) is 4.31. The molecule has 150 valence electrons. The minimum atomic E-state index is -1.19. The first kappa shape index (κ1) is 20.2. The van der Waals surface area contributed by atoms with E-state index in [0.29, 0.717) is 6.07 Å². The summed E-state index contributed by atoms with van der Waals surface area (Å²) in [6.45, 7) is 1.83. The molecule has 1 aliphatic heterocycles. The third-order valence-electron chi connectivity index (χ3n) is 4.86. The minimum absolute atomic E-state index is 0.124. The van der Waals surface area contributed by atoms with Crippen LogP contribution in [0.15, 0.2) is 18.2 Å². The van der Waals surface area contributed by atoms with Crippen LogP contribution in [-0.4, -0.2) is 65.0 Å². The van der Waals surface area contributed by atoms with Crippen molar-refractivity contribution in [2.24, 2.45) is 0 Å². The number of amides is 2. The van der Waals surface area contributed by atoms with Gasteiger partial charge < -0.3 is 15.1 Å². The molecule has 0 radical (unpaired) electrons. The Morgan fingerprint density at radius 2 is 1.89 bits per heavy atom. The van der Waals surface area contributed by atoms with E-state index in [4.69, 9.17) is 11.6 Å². The lowest BCUT2D eigenvalue weighted by Crippen LogP contribution is -2.44. The molecule has 2 N–H and O–H groups in total. The maximum atomic E-state index is 13.4. The second kappa shape index (κ2) is 8.24. The molecule has 10 heteroatoms. The van der Waals surface area contributed by atoms with Crippen molar-refractivity contribution in [2.45, 2.75) is 18.9 Å². The molecule has 1 fully saturated rings. The average molecular weight is 412 g/mol. The van der Waals surface area contributed by atoms with Crippen molar-refractivity contribution in [1.29, 1.82) is 0 Å². The van der Waals surface area contributed by atoms with Crippen LogP contribution >= 0.6 is 11.6 Å². The summed E-state index contributed by atoms with van der Waals surface area (Å²) in [5, 5.41) is 8.70. The van der Waals surface area contributed by atoms with E-state index in [0.717, 1.165) is 32.0 Å². The molecule has 1 saturated heterocycles. The molecule has 1 aromatic carbocycles. The number of likely N-dealkylation sites (tertiary alicyclic amines) is 1. The van der Waals surface area contributed by atoms with E-state index >= 15 is 0 Å². The van der Waals surface area contributed by atoms with Gasteiger partial charge in [-0.3, -0.25) is 14.7 Å². The molecular weight excluding hydrogens is 392 g/mol. The number of anilines is 1. The van der Waals surface area contributed by atoms with E-state index in [1.807, 2.05) is 7.05 Å². The number of hydrogen-bond acceptors (Lipinski definition) is 4. The van der Waals surface area contributed by atoms with Gasteiger partial charge in [0, 0.05) is 19.2 Å². The van der Waals surface area contributed by atoms with Crippen LogP contribution in [-0.2, 0) is 0 Å². The highest BCUT2D eigenvalue weighted by Crippen LogP contribution is 2.22. The van der Waals surface area contributed by atoms with Gasteiger partial charge in [0.15, 0.2) is 17.3 Å². The summed E-state index contributed by atoms with van der Waals surface area (Å²) < 4.78 is 26.5. The quantitative estimate of drug-likeness (QED) is 0.758. The van der Waals surface area contributed by atoms with Crippen LogP contribution in [0.25, 0.3) is 0 Å². The first-order valence-electron chi connectivity index (χ1n) is 8.73. The molecule has 0 saturated carbocycles. The molecule has 3 rings (SSSR count). The largest absolute Gasteiger partial charge is 0.337 e. The van der Waals surface area contributed by atoms with Gasteiger partial charge >= 0.3 is 0 Å². The Hall–Kier alpha value is -2.52. The van der Waals surface area contributed by atoms with E-state index in [2.05, 4.69) is 20.4 Å². The molecule has 2 amide bonds. The van der Waals surface area contributed by atoms with E-state index in [-0.39, 0.29) is 34.0 Å². The zero-order chi connectivity index (χ0) is 20.4. The predicted molar refractivity (Wildman–Crippen MR) is 101 cm³/mol. The fourth-order valence-electron chi connectivity index (χ4n) is 3.11. The van der Waals surface area contributed by atoms with Gasteiger partial charge in [0.25, 0.3) is 11.8 Å². The fourth-order valence-corrected chi connectivity index (χ4v) is 3.35. The number of halogens is 3. The van der Waals surface area contributed by atoms with E-state index in [1.54, 1.807) is 11.9 Å². The normalized spacial score (nSPS) is 15.5. The second-order valence-corrected chi connectivity index (χ2v) is 7.22. The highest BCUT2D eigenvalue weighted by atomic mass is 35.5. The van der Waals surface area contributed by atoms with Crippen LogP contribution in [0.5, 0.6) is 0 Å². The molecule has 7 nitrogen and oxygen atoms in total. The number of aromatic amines is 1. The number of nitrogens with zero attached hydrogens (tertiary/aromatic N) is 3. The van der Waals surface area contributed by atoms with Crippen LogP contribution in [0, 0.1) is 11.6 Å². The van der Waals surface area contributed by atoms with Crippen molar-refractivity contribution in [2.75, 3.05) is 32.5 Å². The topological polar surface area (TPSA) is 81.3 Å². The highest BCUT2D eigenvalue weighted by Gasteiger charge is 2.26. The molecule has 0 aliphatic carbocycles. The lowest BCUT2D eigenvalue weighted by atomic mass is 10.0. The number of carbonyl (C=O) groups excluding carboxylic acids is 2. The number of benzene rings is 1. The van der Waals surface area contributed by atoms with E-state index in [1.165, 1.54) is 6.07 Å². The number of rotatable bonds is 4. The van der Waals surface area contributed by atoms with Crippen LogP contribution in [0.1, 0.15) is 33.7 Å². The summed E-state index contributed by atoms with van der Waals surface area (Å²) >= 11 is 5.80. The van der Waals surface area contributed by atoms with Gasteiger partial charge in [0.2, 0.25) is 0 Å². The number of nitrogens with one attached hydrogen (secondary N) is 2. The molecule has 2 aromatic rings. The minimum Gasteiger partial charge on any atom is -0.337 e. The molecule has 0 atom stereocenters. The monoisotopic (exact) mass is 411 g/mol. The summed E-state index contributed by atoms with van der Waals surface area (Å²) in [5.74, 6) is -3.21. The number of aromatic nitrogens is 2. The van der Waals surface area contributed by atoms with Crippen LogP contribution in [0.3, 0.4) is 0 Å². The Balaban J connectivity index is 1.67. The van der Waals surface area contributed by atoms with Crippen molar-refractivity contribution in [3.8, 4) is 0 Å². The van der Waals surface area contributed by atoms with Gasteiger partial charge in [-0.15, -0.1) is 0 Å². The summed E-state index contributed by atoms with van der Waals surface area (Å²) in [5.41, 5.74) is -0.0837. The summed E-state index contributed by atoms with van der Waals surface area (Å²) in [6.07, 6.45) is 1.75. The summed E-state index contributed by atoms with van der Waals surface area (Å²) in [6, 6.07) is 2.95. The second-order valence-electron chi connectivity index (χ2n) is 6.82. The zero-order valence-corrected chi connectivity index (χ0v) is 16.2. The Labute approximate surface area is 165 Å². The average Bonchev–Trinajstić information content (AvgIpc) is 3.12. The third-order valence-corrected chi connectivity index (χ3v) is 5.17. The Bertz CT molecular complexity index is 896. The van der Waals surface area contributed by atoms with E-state index in [9.17, 15) is 18.4 Å². The summed E-state index contributed by atoms with van der Waals surface area (Å²) in [4.78, 5) is 28.8. The van der Waals surface area contributed by atoms with Gasteiger partial charge in [-0.05, 0) is 45.1 Å². The van der Waals surface area contributed by atoms with Crippen molar-refractivity contribution in [1.82, 2.24) is 20.0 Å². The predicted octanol–water partition coefficient (Wildman–Crippen LogP) is 2.76. The molecule has 2 heterocycles. The number of hydrogen-bond donors (Lipinski definition) is 2. The smallest absolute Gasteiger partial charge is 0.274 e. The fraction of sp³-hybridized carbons (Fsp3) is 0.389. The Morgan fingerprint density at radius 1 is 1.25 bits per heavy atom. The standard InChI is InChI=1S/C18H20ClF2N5O2/c1-25-5-3-10(4-6-25)26(2)18(28)15-9-16(24-23-15)22-17(27)11-7-13(20)14(21)8-12(11)19/h7-10H,3-6H2,1-2H3,(H2,22,23,24,27).